The number of nitrogens with zero attached hydrogens (tertiary/aromatic N) is 3. The van der Waals surface area contributed by atoms with Crippen LogP contribution in [-0.2, 0) is 5.41 Å². The molecule has 2 N–H and O–H groups in total. The van der Waals surface area contributed by atoms with E-state index in [4.69, 9.17) is 10.8 Å². The average molecular weight is 383 g/mol. The lowest BCUT2D eigenvalue weighted by molar-refractivity contribution is 0.171. The van der Waals surface area contributed by atoms with Crippen LogP contribution in [0.5, 0.6) is 0 Å². The summed E-state index contributed by atoms with van der Waals surface area (Å²) < 4.78 is 2.20. The van der Waals surface area contributed by atoms with Gasteiger partial charge in [-0.3, -0.25) is 4.90 Å². The van der Waals surface area contributed by atoms with Gasteiger partial charge in [-0.25, -0.2) is 4.68 Å². The second kappa shape index (κ2) is 6.07. The van der Waals surface area contributed by atoms with Crippen LogP contribution in [0.25, 0.3) is 5.69 Å². The van der Waals surface area contributed by atoms with Gasteiger partial charge in [-0.1, -0.05) is 48.0 Å². The van der Waals surface area contributed by atoms with Crippen molar-refractivity contribution in [1.82, 2.24) is 14.7 Å². The van der Waals surface area contributed by atoms with Crippen LogP contribution < -0.4 is 5.73 Å². The highest BCUT2D eigenvalue weighted by Crippen LogP contribution is 2.59. The van der Waals surface area contributed by atoms with E-state index in [1.165, 1.54) is 22.4 Å². The fourth-order valence-corrected chi connectivity index (χ4v) is 6.28. The third-order valence-corrected chi connectivity index (χ3v) is 7.50. The molecule has 29 heavy (non-hydrogen) atoms. The van der Waals surface area contributed by atoms with E-state index in [2.05, 4.69) is 77.3 Å². The molecule has 2 aliphatic heterocycles. The molecule has 4 nitrogen and oxygen atoms in total. The molecular formula is C25H26N4. The second-order valence-corrected chi connectivity index (χ2v) is 8.64. The van der Waals surface area contributed by atoms with E-state index in [-0.39, 0.29) is 5.41 Å². The van der Waals surface area contributed by atoms with Crippen molar-refractivity contribution >= 4 is 5.69 Å². The molecule has 3 heterocycles. The molecule has 2 bridgehead atoms. The Bertz CT molecular complexity index is 1110. The van der Waals surface area contributed by atoms with Crippen LogP contribution in [0.1, 0.15) is 42.5 Å². The average Bonchev–Trinajstić information content (AvgIpc) is 3.37. The monoisotopic (exact) mass is 382 g/mol. The molecule has 2 saturated heterocycles. The van der Waals surface area contributed by atoms with Crippen molar-refractivity contribution in [3.8, 4) is 5.69 Å². The molecule has 2 aromatic carbocycles. The van der Waals surface area contributed by atoms with Crippen LogP contribution >= 0.6 is 0 Å². The zero-order valence-electron chi connectivity index (χ0n) is 16.8. The summed E-state index contributed by atoms with van der Waals surface area (Å²) in [6, 6.07) is 19.5. The van der Waals surface area contributed by atoms with E-state index in [9.17, 15) is 0 Å². The molecule has 1 aliphatic carbocycles. The number of nitrogen functional groups attached to an aromatic ring is 1. The van der Waals surface area contributed by atoms with Crippen molar-refractivity contribution in [3.63, 3.8) is 0 Å². The Kier molecular flexibility index (Phi) is 3.57. The number of piperidine rings is 1. The first kappa shape index (κ1) is 17.0. The van der Waals surface area contributed by atoms with Crippen LogP contribution in [0.15, 0.2) is 72.4 Å². The molecule has 3 aromatic rings. The number of nitrogens with two attached hydrogens (primary N) is 1. The number of anilines is 1. The fourth-order valence-electron chi connectivity index (χ4n) is 6.28. The lowest BCUT2D eigenvalue weighted by atomic mass is 9.60. The number of benzene rings is 2. The van der Waals surface area contributed by atoms with Gasteiger partial charge >= 0.3 is 0 Å². The third-order valence-electron chi connectivity index (χ3n) is 7.50. The highest BCUT2D eigenvalue weighted by Gasteiger charge is 2.59. The van der Waals surface area contributed by atoms with Gasteiger partial charge in [0.25, 0.3) is 0 Å². The minimum Gasteiger partial charge on any atom is -0.398 e. The predicted molar refractivity (Wildman–Crippen MR) is 116 cm³/mol. The normalized spacial score (nSPS) is 29.2. The SMILES string of the molecule is C/C=C1/CN2CCC3(c4ccccc4N)c4c(cnn4-c4ccccc4)C1CC23. The van der Waals surface area contributed by atoms with E-state index in [0.29, 0.717) is 12.0 Å². The van der Waals surface area contributed by atoms with Gasteiger partial charge < -0.3 is 5.73 Å². The number of hydrogen-bond donors (Lipinski definition) is 1. The number of aromatic nitrogens is 2. The van der Waals surface area contributed by atoms with Crippen LogP contribution in [0.3, 0.4) is 0 Å². The first-order valence-electron chi connectivity index (χ1n) is 10.6. The van der Waals surface area contributed by atoms with Crippen LogP contribution in [0.2, 0.25) is 0 Å². The van der Waals surface area contributed by atoms with E-state index >= 15 is 0 Å². The van der Waals surface area contributed by atoms with Crippen molar-refractivity contribution in [3.05, 3.63) is 89.3 Å². The second-order valence-electron chi connectivity index (χ2n) is 8.64. The van der Waals surface area contributed by atoms with E-state index < -0.39 is 0 Å². The van der Waals surface area contributed by atoms with Crippen LogP contribution in [0, 0.1) is 0 Å². The smallest absolute Gasteiger partial charge is 0.0649 e. The summed E-state index contributed by atoms with van der Waals surface area (Å²) in [4.78, 5) is 2.68. The molecule has 3 atom stereocenters. The summed E-state index contributed by atoms with van der Waals surface area (Å²) in [5.74, 6) is 0.463. The Morgan fingerprint density at radius 2 is 1.90 bits per heavy atom. The van der Waals surface area contributed by atoms with Crippen molar-refractivity contribution < 1.29 is 0 Å². The molecule has 1 aromatic heterocycles. The van der Waals surface area contributed by atoms with E-state index in [0.717, 1.165) is 37.3 Å². The summed E-state index contributed by atoms with van der Waals surface area (Å²) >= 11 is 0. The summed E-state index contributed by atoms with van der Waals surface area (Å²) in [7, 11) is 0. The van der Waals surface area contributed by atoms with Gasteiger partial charge in [0.05, 0.1) is 23.0 Å². The molecule has 2 fully saturated rings. The Hall–Kier alpha value is -2.85. The summed E-state index contributed by atoms with van der Waals surface area (Å²) in [6.45, 7) is 4.35. The topological polar surface area (TPSA) is 47.1 Å². The largest absolute Gasteiger partial charge is 0.398 e. The van der Waals surface area contributed by atoms with Gasteiger partial charge in [-0.05, 0) is 43.5 Å². The van der Waals surface area contributed by atoms with Crippen LogP contribution in [-0.4, -0.2) is 33.8 Å². The minimum atomic E-state index is -0.108. The Morgan fingerprint density at radius 3 is 2.69 bits per heavy atom. The fraction of sp³-hybridized carbons (Fsp3) is 0.320. The summed E-state index contributed by atoms with van der Waals surface area (Å²) in [5, 5.41) is 4.94. The number of rotatable bonds is 2. The molecular weight excluding hydrogens is 356 g/mol. The highest BCUT2D eigenvalue weighted by atomic mass is 15.3. The first-order chi connectivity index (χ1) is 14.2. The lowest BCUT2D eigenvalue weighted by Gasteiger charge is -2.49. The Labute approximate surface area is 171 Å². The quantitative estimate of drug-likeness (QED) is 0.532. The summed E-state index contributed by atoms with van der Waals surface area (Å²) in [5.41, 5.74) is 14.1. The standard InChI is InChI=1S/C25H26N4/c1-2-17-16-28-13-12-25(21-10-6-7-11-22(21)26)23(28)14-19(17)20-15-27-29(24(20)25)18-8-4-3-5-9-18/h2-11,15,19,23H,12-14,16,26H2,1H3/b17-2-. The Morgan fingerprint density at radius 1 is 1.10 bits per heavy atom. The van der Waals surface area contributed by atoms with Gasteiger partial charge in [0.15, 0.2) is 0 Å². The number of fused-ring (bicyclic) bond motifs is 4. The Balaban J connectivity index is 1.69. The van der Waals surface area contributed by atoms with Crippen LogP contribution in [0.4, 0.5) is 5.69 Å². The maximum absolute atomic E-state index is 6.61. The van der Waals surface area contributed by atoms with Crippen molar-refractivity contribution in [2.24, 2.45) is 0 Å². The van der Waals surface area contributed by atoms with E-state index in [1.807, 2.05) is 6.07 Å². The molecule has 0 saturated carbocycles. The molecule has 3 aliphatic rings. The van der Waals surface area contributed by atoms with Crippen molar-refractivity contribution in [1.29, 1.82) is 0 Å². The number of allylic oxidation sites excluding steroid dienone is 1. The molecule has 6 rings (SSSR count). The zero-order valence-corrected chi connectivity index (χ0v) is 16.8. The molecule has 0 radical (unpaired) electrons. The minimum absolute atomic E-state index is 0.108. The third kappa shape index (κ3) is 2.15. The molecule has 3 unspecified atom stereocenters. The number of hydrogen-bond acceptors (Lipinski definition) is 3. The van der Waals surface area contributed by atoms with Gasteiger partial charge in [-0.15, -0.1) is 0 Å². The van der Waals surface area contributed by atoms with Gasteiger partial charge in [0.1, 0.15) is 0 Å². The van der Waals surface area contributed by atoms with E-state index in [1.54, 1.807) is 0 Å². The highest BCUT2D eigenvalue weighted by molar-refractivity contribution is 5.61. The summed E-state index contributed by atoms with van der Waals surface area (Å²) in [6.07, 6.45) is 6.69. The van der Waals surface area contributed by atoms with Gasteiger partial charge in [0.2, 0.25) is 0 Å². The lowest BCUT2D eigenvalue weighted by Crippen LogP contribution is -2.52. The molecule has 146 valence electrons. The molecule has 4 heteroatoms. The maximum Gasteiger partial charge on any atom is 0.0649 e. The zero-order chi connectivity index (χ0) is 19.6. The first-order valence-corrected chi connectivity index (χ1v) is 10.6. The van der Waals surface area contributed by atoms with Gasteiger partial charge in [-0.2, -0.15) is 5.10 Å². The number of para-hydroxylation sites is 2. The van der Waals surface area contributed by atoms with Crippen molar-refractivity contribution in [2.75, 3.05) is 18.8 Å². The molecule has 0 amide bonds. The predicted octanol–water partition coefficient (Wildman–Crippen LogP) is 4.26. The van der Waals surface area contributed by atoms with Gasteiger partial charge in [0, 0.05) is 36.3 Å². The van der Waals surface area contributed by atoms with Crippen molar-refractivity contribution in [2.45, 2.75) is 37.1 Å². The molecule has 0 spiro atoms. The maximum atomic E-state index is 6.61.